The van der Waals surface area contributed by atoms with Gasteiger partial charge in [0.25, 0.3) is 0 Å². The summed E-state index contributed by atoms with van der Waals surface area (Å²) in [6.07, 6.45) is 10.5. The summed E-state index contributed by atoms with van der Waals surface area (Å²) in [5.41, 5.74) is 5.81. The largest absolute Gasteiger partial charge is 0.393 e. The Labute approximate surface area is 205 Å². The summed E-state index contributed by atoms with van der Waals surface area (Å²) < 4.78 is 6.15. The van der Waals surface area contributed by atoms with Crippen LogP contribution in [0, 0.1) is 23.2 Å². The molecular weight excluding hydrogens is 420 g/mol. The number of fused-ring (bicyclic) bond motifs is 1. The van der Waals surface area contributed by atoms with Crippen LogP contribution < -0.4 is 0 Å². The molecular formula is C31H42O3. The monoisotopic (exact) mass is 462 g/mol. The SMILES string of the molecule is C=C(COC[C@@H](C)[C@H]1CC[C@H]2/C(=C/C=C3/C[C@@H](O)CC(O)C3=C)CCCC12C)c1ccccc1. The van der Waals surface area contributed by atoms with Crippen LogP contribution in [0.15, 0.2) is 72.4 Å². The smallest absolute Gasteiger partial charge is 0.0811 e. The fourth-order valence-corrected chi connectivity index (χ4v) is 6.92. The molecule has 2 N–H and O–H groups in total. The van der Waals surface area contributed by atoms with E-state index in [1.54, 1.807) is 0 Å². The zero-order chi connectivity index (χ0) is 24.3. The first kappa shape index (κ1) is 25.2. The molecule has 1 aromatic rings. The van der Waals surface area contributed by atoms with Crippen LogP contribution in [0.4, 0.5) is 0 Å². The number of ether oxygens (including phenoxy) is 1. The van der Waals surface area contributed by atoms with E-state index in [1.807, 2.05) is 18.2 Å². The molecule has 3 fully saturated rings. The minimum atomic E-state index is -0.625. The number of hydrogen-bond acceptors (Lipinski definition) is 3. The van der Waals surface area contributed by atoms with Crippen molar-refractivity contribution in [1.82, 2.24) is 0 Å². The van der Waals surface area contributed by atoms with Gasteiger partial charge in [0.2, 0.25) is 0 Å². The van der Waals surface area contributed by atoms with Crippen molar-refractivity contribution in [3.05, 3.63) is 77.9 Å². The van der Waals surface area contributed by atoms with Gasteiger partial charge in [-0.2, -0.15) is 0 Å². The van der Waals surface area contributed by atoms with E-state index in [2.05, 4.69) is 51.3 Å². The van der Waals surface area contributed by atoms with E-state index in [4.69, 9.17) is 4.74 Å². The molecule has 0 aliphatic heterocycles. The topological polar surface area (TPSA) is 49.7 Å². The fraction of sp³-hybridized carbons (Fsp3) is 0.548. The lowest BCUT2D eigenvalue weighted by molar-refractivity contribution is 0.0445. The second-order valence-corrected chi connectivity index (χ2v) is 11.1. The Morgan fingerprint density at radius 1 is 1.21 bits per heavy atom. The molecule has 3 heteroatoms. The zero-order valence-corrected chi connectivity index (χ0v) is 21.0. The first-order valence-electron chi connectivity index (χ1n) is 13.1. The first-order valence-corrected chi connectivity index (χ1v) is 13.1. The molecule has 0 heterocycles. The number of aliphatic hydroxyl groups excluding tert-OH is 2. The van der Waals surface area contributed by atoms with E-state index >= 15 is 0 Å². The second kappa shape index (κ2) is 10.8. The summed E-state index contributed by atoms with van der Waals surface area (Å²) in [4.78, 5) is 0. The van der Waals surface area contributed by atoms with Crippen LogP contribution in [0.25, 0.3) is 5.57 Å². The summed E-state index contributed by atoms with van der Waals surface area (Å²) in [6, 6.07) is 10.3. The molecule has 3 aliphatic carbocycles. The summed E-state index contributed by atoms with van der Waals surface area (Å²) in [5.74, 6) is 1.78. The molecule has 0 spiro atoms. The van der Waals surface area contributed by atoms with Crippen molar-refractivity contribution in [2.75, 3.05) is 13.2 Å². The van der Waals surface area contributed by atoms with Crippen LogP contribution in [0.5, 0.6) is 0 Å². The molecule has 6 atom stereocenters. The summed E-state index contributed by atoms with van der Waals surface area (Å²) in [5, 5.41) is 20.3. The average molecular weight is 463 g/mol. The molecule has 2 unspecified atom stereocenters. The van der Waals surface area contributed by atoms with Gasteiger partial charge in [0.1, 0.15) is 0 Å². The quantitative estimate of drug-likeness (QED) is 0.487. The van der Waals surface area contributed by atoms with Gasteiger partial charge in [0, 0.05) is 13.0 Å². The minimum absolute atomic E-state index is 0.310. The molecule has 3 nitrogen and oxygen atoms in total. The molecule has 0 radical (unpaired) electrons. The highest BCUT2D eigenvalue weighted by Crippen LogP contribution is 2.59. The summed E-state index contributed by atoms with van der Waals surface area (Å²) >= 11 is 0. The van der Waals surface area contributed by atoms with Crippen LogP contribution in [-0.2, 0) is 4.74 Å². The molecule has 1 aromatic carbocycles. The van der Waals surface area contributed by atoms with Crippen molar-refractivity contribution in [3.63, 3.8) is 0 Å². The molecule has 0 saturated heterocycles. The van der Waals surface area contributed by atoms with Crippen molar-refractivity contribution in [2.24, 2.45) is 23.2 Å². The maximum Gasteiger partial charge on any atom is 0.0811 e. The molecule has 184 valence electrons. The average Bonchev–Trinajstić information content (AvgIpc) is 3.18. The number of hydrogen-bond donors (Lipinski definition) is 2. The number of allylic oxidation sites excluding steroid dienone is 3. The summed E-state index contributed by atoms with van der Waals surface area (Å²) in [6.45, 7) is 14.5. The molecule has 3 aliphatic rings. The Kier molecular flexibility index (Phi) is 7.97. The van der Waals surface area contributed by atoms with E-state index in [0.29, 0.717) is 42.6 Å². The number of aliphatic hydroxyl groups is 2. The van der Waals surface area contributed by atoms with Crippen molar-refractivity contribution in [2.45, 2.75) is 71.0 Å². The molecule has 34 heavy (non-hydrogen) atoms. The minimum Gasteiger partial charge on any atom is -0.393 e. The highest BCUT2D eigenvalue weighted by molar-refractivity contribution is 5.63. The van der Waals surface area contributed by atoms with Crippen LogP contribution >= 0.6 is 0 Å². The maximum absolute atomic E-state index is 10.2. The van der Waals surface area contributed by atoms with Crippen LogP contribution in [0.2, 0.25) is 0 Å². The molecule has 0 amide bonds. The number of benzene rings is 1. The standard InChI is InChI=1S/C31H42O3/c1-21(24-9-6-5-7-10-24)19-34-20-22(2)28-14-15-29-25(11-8-16-31(28,29)4)12-13-26-17-27(32)18-30(33)23(26)3/h5-7,9-10,12-13,22,27-30,32-33H,1,3,8,11,14-20H2,2,4H3/b25-12+,26-13-/t22-,27-,28-,29+,30?,31?/m1/s1. The molecule has 0 bridgehead atoms. The van der Waals surface area contributed by atoms with E-state index in [0.717, 1.165) is 35.3 Å². The lowest BCUT2D eigenvalue weighted by Gasteiger charge is -2.44. The van der Waals surface area contributed by atoms with E-state index in [1.165, 1.54) is 31.3 Å². The predicted octanol–water partition coefficient (Wildman–Crippen LogP) is 6.49. The third kappa shape index (κ3) is 5.32. The zero-order valence-electron chi connectivity index (χ0n) is 21.0. The van der Waals surface area contributed by atoms with Crippen molar-refractivity contribution in [3.8, 4) is 0 Å². The van der Waals surface area contributed by atoms with Gasteiger partial charge >= 0.3 is 0 Å². The van der Waals surface area contributed by atoms with Gasteiger partial charge in [-0.15, -0.1) is 0 Å². The Bertz CT molecular complexity index is 943. The third-order valence-electron chi connectivity index (χ3n) is 8.83. The highest BCUT2D eigenvalue weighted by atomic mass is 16.5. The normalized spacial score (nSPS) is 34.9. The van der Waals surface area contributed by atoms with E-state index < -0.39 is 12.2 Å². The Morgan fingerprint density at radius 3 is 2.74 bits per heavy atom. The van der Waals surface area contributed by atoms with Crippen LogP contribution in [0.3, 0.4) is 0 Å². The van der Waals surface area contributed by atoms with Gasteiger partial charge in [-0.25, -0.2) is 0 Å². The van der Waals surface area contributed by atoms with Gasteiger partial charge in [0.05, 0.1) is 18.8 Å². The van der Waals surface area contributed by atoms with Crippen molar-refractivity contribution < 1.29 is 14.9 Å². The van der Waals surface area contributed by atoms with E-state index in [-0.39, 0.29) is 0 Å². The Morgan fingerprint density at radius 2 is 1.97 bits per heavy atom. The van der Waals surface area contributed by atoms with Crippen LogP contribution in [0.1, 0.15) is 64.4 Å². The van der Waals surface area contributed by atoms with Crippen molar-refractivity contribution >= 4 is 5.57 Å². The van der Waals surface area contributed by atoms with Crippen LogP contribution in [-0.4, -0.2) is 35.6 Å². The highest BCUT2D eigenvalue weighted by Gasteiger charge is 2.50. The Balaban J connectivity index is 1.39. The number of rotatable bonds is 7. The van der Waals surface area contributed by atoms with Gasteiger partial charge in [0.15, 0.2) is 0 Å². The predicted molar refractivity (Wildman–Crippen MR) is 140 cm³/mol. The molecule has 3 saturated carbocycles. The lowest BCUT2D eigenvalue weighted by Crippen LogP contribution is -2.37. The molecule has 4 rings (SSSR count). The van der Waals surface area contributed by atoms with E-state index in [9.17, 15) is 10.2 Å². The Hall–Kier alpha value is -1.94. The second-order valence-electron chi connectivity index (χ2n) is 11.1. The lowest BCUT2D eigenvalue weighted by atomic mass is 9.61. The molecule has 0 aromatic heterocycles. The van der Waals surface area contributed by atoms with Gasteiger partial charge in [-0.1, -0.05) is 75.1 Å². The van der Waals surface area contributed by atoms with Gasteiger partial charge < -0.3 is 14.9 Å². The summed E-state index contributed by atoms with van der Waals surface area (Å²) in [7, 11) is 0. The third-order valence-corrected chi connectivity index (χ3v) is 8.83. The maximum atomic E-state index is 10.2. The first-order chi connectivity index (χ1) is 16.3. The van der Waals surface area contributed by atoms with Gasteiger partial charge in [-0.3, -0.25) is 0 Å². The van der Waals surface area contributed by atoms with Gasteiger partial charge in [-0.05, 0) is 84.0 Å². The van der Waals surface area contributed by atoms with Crippen molar-refractivity contribution in [1.29, 1.82) is 0 Å². The fourth-order valence-electron chi connectivity index (χ4n) is 6.92.